The molecule has 0 aromatic carbocycles. The Hall–Kier alpha value is -2.68. The van der Waals surface area contributed by atoms with Gasteiger partial charge in [0.1, 0.15) is 18.1 Å². The number of carboxylic acid groups (broad SMARTS) is 1. The van der Waals surface area contributed by atoms with E-state index in [2.05, 4.69) is 25.9 Å². The molecule has 0 spiro atoms. The number of aromatic nitrogens is 2. The van der Waals surface area contributed by atoms with Gasteiger partial charge < -0.3 is 43.2 Å². The van der Waals surface area contributed by atoms with Crippen LogP contribution >= 0.6 is 11.8 Å². The number of amides is 3. The van der Waals surface area contributed by atoms with Crippen LogP contribution < -0.4 is 33.2 Å². The topological polar surface area (TPSA) is 231 Å². The zero-order chi connectivity index (χ0) is 27.6. The summed E-state index contributed by atoms with van der Waals surface area (Å²) in [5.74, 6) is -2.26. The number of rotatable bonds is 20. The van der Waals surface area contributed by atoms with Crippen molar-refractivity contribution in [1.29, 1.82) is 0 Å². The maximum atomic E-state index is 13.2. The summed E-state index contributed by atoms with van der Waals surface area (Å²) in [6.45, 7) is 0.845. The Bertz CT molecular complexity index is 826. The molecule has 0 aliphatic carbocycles. The lowest BCUT2D eigenvalue weighted by molar-refractivity contribution is -0.142. The summed E-state index contributed by atoms with van der Waals surface area (Å²) in [6, 6.07) is -3.91. The number of unbranched alkanes of at least 4 members (excludes halogenated alkanes) is 2. The smallest absolute Gasteiger partial charge is 0.326 e. The number of carbonyl (C=O) groups is 4. The van der Waals surface area contributed by atoms with Crippen LogP contribution in [0.15, 0.2) is 12.5 Å². The summed E-state index contributed by atoms with van der Waals surface area (Å²) >= 11 is 1.47. The van der Waals surface area contributed by atoms with Gasteiger partial charge in [0.05, 0.1) is 12.4 Å². The summed E-state index contributed by atoms with van der Waals surface area (Å²) in [6.07, 6.45) is 8.32. The van der Waals surface area contributed by atoms with Crippen LogP contribution in [0, 0.1) is 0 Å². The molecular formula is C23H42N8O5S. The lowest BCUT2D eigenvalue weighted by Crippen LogP contribution is -2.57. The molecule has 1 aromatic rings. The molecule has 0 fully saturated rings. The molecule has 0 saturated heterocycles. The average molecular weight is 543 g/mol. The van der Waals surface area contributed by atoms with E-state index in [0.717, 1.165) is 0 Å². The van der Waals surface area contributed by atoms with Crippen LogP contribution in [0.3, 0.4) is 0 Å². The van der Waals surface area contributed by atoms with E-state index in [4.69, 9.17) is 17.2 Å². The van der Waals surface area contributed by atoms with Gasteiger partial charge in [-0.15, -0.1) is 0 Å². The molecule has 4 atom stereocenters. The van der Waals surface area contributed by atoms with Crippen LogP contribution in [0.25, 0.3) is 0 Å². The summed E-state index contributed by atoms with van der Waals surface area (Å²) in [5.41, 5.74) is 17.9. The van der Waals surface area contributed by atoms with Gasteiger partial charge in [0.25, 0.3) is 0 Å². The third-order valence-corrected chi connectivity index (χ3v) is 6.36. The van der Waals surface area contributed by atoms with Crippen LogP contribution in [0.1, 0.15) is 50.6 Å². The fourth-order valence-corrected chi connectivity index (χ4v) is 4.04. The molecule has 11 N–H and O–H groups in total. The van der Waals surface area contributed by atoms with Crippen molar-refractivity contribution in [2.24, 2.45) is 17.2 Å². The number of H-pyrrole nitrogens is 1. The Morgan fingerprint density at radius 2 is 1.46 bits per heavy atom. The molecule has 4 unspecified atom stereocenters. The van der Waals surface area contributed by atoms with Gasteiger partial charge in [0.15, 0.2) is 0 Å². The summed E-state index contributed by atoms with van der Waals surface area (Å²) in [5, 5.41) is 17.4. The number of thioether (sulfide) groups is 1. The van der Waals surface area contributed by atoms with Crippen molar-refractivity contribution in [3.8, 4) is 0 Å². The molecule has 1 aromatic heterocycles. The highest BCUT2D eigenvalue weighted by atomic mass is 32.2. The molecular weight excluding hydrogens is 500 g/mol. The fourth-order valence-electron chi connectivity index (χ4n) is 3.57. The largest absolute Gasteiger partial charge is 0.480 e. The maximum Gasteiger partial charge on any atom is 0.326 e. The van der Waals surface area contributed by atoms with Crippen molar-refractivity contribution >= 4 is 35.5 Å². The quantitative estimate of drug-likeness (QED) is 0.0919. The number of hydrogen-bond acceptors (Lipinski definition) is 9. The molecule has 0 saturated carbocycles. The van der Waals surface area contributed by atoms with Crippen molar-refractivity contribution in [3.05, 3.63) is 18.2 Å². The maximum absolute atomic E-state index is 13.2. The minimum absolute atomic E-state index is 0.208. The van der Waals surface area contributed by atoms with E-state index < -0.39 is 47.9 Å². The highest BCUT2D eigenvalue weighted by Gasteiger charge is 2.30. The molecule has 0 aliphatic heterocycles. The first kappa shape index (κ1) is 32.3. The van der Waals surface area contributed by atoms with Crippen molar-refractivity contribution in [3.63, 3.8) is 0 Å². The van der Waals surface area contributed by atoms with Crippen molar-refractivity contribution in [1.82, 2.24) is 25.9 Å². The van der Waals surface area contributed by atoms with Crippen LogP contribution in [-0.4, -0.2) is 88.0 Å². The van der Waals surface area contributed by atoms with Gasteiger partial charge in [-0.1, -0.05) is 0 Å². The van der Waals surface area contributed by atoms with Gasteiger partial charge in [-0.05, 0) is 70.0 Å². The monoisotopic (exact) mass is 542 g/mol. The Balaban J connectivity index is 2.93. The number of carbonyl (C=O) groups excluding carboxylic acids is 3. The summed E-state index contributed by atoms with van der Waals surface area (Å²) in [4.78, 5) is 57.3. The fraction of sp³-hybridized carbons (Fsp3) is 0.696. The van der Waals surface area contributed by atoms with Crippen LogP contribution in [-0.2, 0) is 25.6 Å². The lowest BCUT2D eigenvalue weighted by Gasteiger charge is -2.25. The van der Waals surface area contributed by atoms with Gasteiger partial charge in [0, 0.05) is 18.3 Å². The molecule has 210 valence electrons. The molecule has 13 nitrogen and oxygen atoms in total. The van der Waals surface area contributed by atoms with E-state index in [1.165, 1.54) is 18.1 Å². The number of imidazole rings is 1. The van der Waals surface area contributed by atoms with E-state index in [1.807, 2.05) is 6.26 Å². The number of aliphatic carboxylic acids is 1. The van der Waals surface area contributed by atoms with Crippen molar-refractivity contribution in [2.45, 2.75) is 75.5 Å². The molecule has 3 amide bonds. The summed E-state index contributed by atoms with van der Waals surface area (Å²) < 4.78 is 0. The first-order valence-corrected chi connectivity index (χ1v) is 13.9. The number of nitrogens with zero attached hydrogens (tertiary/aromatic N) is 1. The van der Waals surface area contributed by atoms with E-state index >= 15 is 0 Å². The highest BCUT2D eigenvalue weighted by Crippen LogP contribution is 2.08. The van der Waals surface area contributed by atoms with Gasteiger partial charge in [-0.25, -0.2) is 9.78 Å². The van der Waals surface area contributed by atoms with Gasteiger partial charge in [-0.2, -0.15) is 11.8 Å². The number of nitrogens with two attached hydrogens (primary N) is 3. The molecule has 1 heterocycles. The Kier molecular flexibility index (Phi) is 16.2. The number of nitrogens with one attached hydrogen (secondary N) is 4. The van der Waals surface area contributed by atoms with E-state index in [1.54, 1.807) is 6.20 Å². The van der Waals surface area contributed by atoms with E-state index in [0.29, 0.717) is 56.6 Å². The average Bonchev–Trinajstić information content (AvgIpc) is 3.38. The van der Waals surface area contributed by atoms with Crippen LogP contribution in [0.4, 0.5) is 0 Å². The molecule has 0 aliphatic rings. The number of carboxylic acids is 1. The second kappa shape index (κ2) is 18.5. The SMILES string of the molecule is CSCCC(NC(=O)C(CCCCN)NC(=O)C(CCCCN)NC(=O)C(N)Cc1cnc[nH]1)C(=O)O. The zero-order valence-corrected chi connectivity index (χ0v) is 22.2. The lowest BCUT2D eigenvalue weighted by atomic mass is 10.0. The Morgan fingerprint density at radius 3 is 1.92 bits per heavy atom. The summed E-state index contributed by atoms with van der Waals surface area (Å²) in [7, 11) is 0. The number of hydrogen-bond donors (Lipinski definition) is 8. The highest BCUT2D eigenvalue weighted by molar-refractivity contribution is 7.98. The first-order chi connectivity index (χ1) is 17.7. The van der Waals surface area contributed by atoms with Gasteiger partial charge in [-0.3, -0.25) is 14.4 Å². The molecule has 1 rings (SSSR count). The van der Waals surface area contributed by atoms with Crippen molar-refractivity contribution in [2.75, 3.05) is 25.1 Å². The molecule has 37 heavy (non-hydrogen) atoms. The third kappa shape index (κ3) is 12.9. The third-order valence-electron chi connectivity index (χ3n) is 5.72. The Labute approximate surface area is 221 Å². The first-order valence-electron chi connectivity index (χ1n) is 12.5. The van der Waals surface area contributed by atoms with E-state index in [-0.39, 0.29) is 19.3 Å². The Morgan fingerprint density at radius 1 is 0.919 bits per heavy atom. The predicted octanol–water partition coefficient (Wildman–Crippen LogP) is -1.17. The van der Waals surface area contributed by atoms with Crippen LogP contribution in [0.2, 0.25) is 0 Å². The van der Waals surface area contributed by atoms with Crippen molar-refractivity contribution < 1.29 is 24.3 Å². The second-order valence-electron chi connectivity index (χ2n) is 8.76. The van der Waals surface area contributed by atoms with E-state index in [9.17, 15) is 24.3 Å². The zero-order valence-electron chi connectivity index (χ0n) is 21.4. The minimum atomic E-state index is -1.15. The minimum Gasteiger partial charge on any atom is -0.480 e. The molecule has 14 heteroatoms. The molecule has 0 radical (unpaired) electrons. The van der Waals surface area contributed by atoms with Crippen LogP contribution in [0.5, 0.6) is 0 Å². The standard InChI is InChI=1S/C23H42N8O5S/c1-37-11-8-19(23(35)36)31-22(34)18(7-3-5-10-25)30-21(33)17(6-2-4-9-24)29-20(32)16(26)12-15-13-27-14-28-15/h13-14,16-19H,2-12,24-26H2,1H3,(H,27,28)(H,29,32)(H,30,33)(H,31,34)(H,35,36). The second-order valence-corrected chi connectivity index (χ2v) is 9.75. The normalized spacial score (nSPS) is 14.3. The number of aromatic amines is 1. The molecule has 0 bridgehead atoms. The predicted molar refractivity (Wildman–Crippen MR) is 143 cm³/mol. The van der Waals surface area contributed by atoms with Gasteiger partial charge in [0.2, 0.25) is 17.7 Å². The van der Waals surface area contributed by atoms with Gasteiger partial charge >= 0.3 is 5.97 Å².